The first-order valence-corrected chi connectivity index (χ1v) is 4.82. The number of hydrogen-bond acceptors (Lipinski definition) is 1. The van der Waals surface area contributed by atoms with E-state index in [1.807, 2.05) is 0 Å². The summed E-state index contributed by atoms with van der Waals surface area (Å²) in [5, 5.41) is 0. The highest BCUT2D eigenvalue weighted by molar-refractivity contribution is 4.72. The Morgan fingerprint density at radius 1 is 1.45 bits per heavy atom. The second-order valence-corrected chi connectivity index (χ2v) is 3.93. The van der Waals surface area contributed by atoms with Gasteiger partial charge in [-0.1, -0.05) is 32.6 Å². The van der Waals surface area contributed by atoms with E-state index in [4.69, 9.17) is 4.74 Å². The van der Waals surface area contributed by atoms with E-state index in [1.54, 1.807) is 7.11 Å². The first-order chi connectivity index (χ1) is 5.33. The second-order valence-electron chi connectivity index (χ2n) is 3.93. The Labute approximate surface area is 70.1 Å². The van der Waals surface area contributed by atoms with E-state index in [1.165, 1.54) is 32.1 Å². The van der Waals surface area contributed by atoms with Crippen molar-refractivity contribution in [2.24, 2.45) is 11.8 Å². The van der Waals surface area contributed by atoms with Gasteiger partial charge in [-0.25, -0.2) is 0 Å². The second kappa shape index (κ2) is 4.76. The van der Waals surface area contributed by atoms with Crippen LogP contribution in [0, 0.1) is 11.8 Å². The predicted octanol–water partition coefficient (Wildman–Crippen LogP) is 2.85. The van der Waals surface area contributed by atoms with Crippen LogP contribution in [-0.2, 0) is 4.74 Å². The van der Waals surface area contributed by atoms with Crippen molar-refractivity contribution in [3.63, 3.8) is 0 Å². The summed E-state index contributed by atoms with van der Waals surface area (Å²) in [5.74, 6) is 1.86. The molecule has 0 aromatic heterocycles. The standard InChI is InChI=1S/C10H20O/c1-9(8-11-2)4-3-5-10-6-7-10/h9-10H,3-8H2,1-2H3. The van der Waals surface area contributed by atoms with Crippen LogP contribution in [-0.4, -0.2) is 13.7 Å². The lowest BCUT2D eigenvalue weighted by molar-refractivity contribution is 0.154. The summed E-state index contributed by atoms with van der Waals surface area (Å²) in [5.41, 5.74) is 0. The van der Waals surface area contributed by atoms with Crippen molar-refractivity contribution in [3.05, 3.63) is 0 Å². The van der Waals surface area contributed by atoms with E-state index < -0.39 is 0 Å². The molecule has 0 aromatic carbocycles. The maximum Gasteiger partial charge on any atom is 0.0487 e. The third-order valence-electron chi connectivity index (χ3n) is 2.46. The summed E-state index contributed by atoms with van der Waals surface area (Å²) >= 11 is 0. The van der Waals surface area contributed by atoms with Gasteiger partial charge in [-0.3, -0.25) is 0 Å². The number of ether oxygens (including phenoxy) is 1. The lowest BCUT2D eigenvalue weighted by atomic mass is 10.0. The first kappa shape index (κ1) is 9.05. The quantitative estimate of drug-likeness (QED) is 0.574. The summed E-state index contributed by atoms with van der Waals surface area (Å²) in [4.78, 5) is 0. The highest BCUT2D eigenvalue weighted by atomic mass is 16.5. The molecular weight excluding hydrogens is 136 g/mol. The molecule has 1 saturated carbocycles. The number of rotatable bonds is 6. The molecule has 1 aliphatic rings. The van der Waals surface area contributed by atoms with Gasteiger partial charge in [-0.15, -0.1) is 0 Å². The van der Waals surface area contributed by atoms with E-state index in [9.17, 15) is 0 Å². The van der Waals surface area contributed by atoms with E-state index >= 15 is 0 Å². The van der Waals surface area contributed by atoms with Crippen molar-refractivity contribution < 1.29 is 4.74 Å². The average molecular weight is 156 g/mol. The Morgan fingerprint density at radius 2 is 2.18 bits per heavy atom. The van der Waals surface area contributed by atoms with Crippen molar-refractivity contribution >= 4 is 0 Å². The summed E-state index contributed by atoms with van der Waals surface area (Å²) in [6.45, 7) is 3.21. The minimum atomic E-state index is 0.763. The van der Waals surface area contributed by atoms with E-state index in [2.05, 4.69) is 6.92 Å². The molecule has 0 aliphatic heterocycles. The van der Waals surface area contributed by atoms with E-state index in [0.717, 1.165) is 18.4 Å². The van der Waals surface area contributed by atoms with Crippen LogP contribution in [0.5, 0.6) is 0 Å². The predicted molar refractivity (Wildman–Crippen MR) is 47.6 cm³/mol. The fourth-order valence-electron chi connectivity index (χ4n) is 1.53. The molecule has 0 amide bonds. The summed E-state index contributed by atoms with van der Waals surface area (Å²) in [7, 11) is 1.79. The van der Waals surface area contributed by atoms with Gasteiger partial charge in [0.1, 0.15) is 0 Å². The van der Waals surface area contributed by atoms with Gasteiger partial charge in [0.15, 0.2) is 0 Å². The molecule has 11 heavy (non-hydrogen) atoms. The lowest BCUT2D eigenvalue weighted by Gasteiger charge is -2.08. The normalized spacial score (nSPS) is 20.2. The largest absolute Gasteiger partial charge is 0.384 e. The molecule has 0 saturated heterocycles. The summed E-state index contributed by atoms with van der Waals surface area (Å²) < 4.78 is 5.08. The Hall–Kier alpha value is -0.0400. The Balaban J connectivity index is 1.84. The molecule has 1 rings (SSSR count). The van der Waals surface area contributed by atoms with Crippen LogP contribution in [0.1, 0.15) is 39.0 Å². The Morgan fingerprint density at radius 3 is 2.73 bits per heavy atom. The molecule has 1 atom stereocenters. The third-order valence-corrected chi connectivity index (χ3v) is 2.46. The maximum atomic E-state index is 5.08. The molecule has 0 aromatic rings. The average Bonchev–Trinajstić information content (AvgIpc) is 2.72. The van der Waals surface area contributed by atoms with Gasteiger partial charge in [0.05, 0.1) is 0 Å². The zero-order valence-electron chi connectivity index (χ0n) is 7.81. The molecule has 1 fully saturated rings. The molecule has 0 N–H and O–H groups in total. The molecule has 0 heterocycles. The summed E-state index contributed by atoms with van der Waals surface area (Å²) in [6.07, 6.45) is 7.23. The molecule has 0 bridgehead atoms. The fraction of sp³-hybridized carbons (Fsp3) is 1.00. The number of hydrogen-bond donors (Lipinski definition) is 0. The Bertz CT molecular complexity index is 97.0. The van der Waals surface area contributed by atoms with Crippen molar-refractivity contribution in [2.75, 3.05) is 13.7 Å². The summed E-state index contributed by atoms with van der Waals surface area (Å²) in [6, 6.07) is 0. The van der Waals surface area contributed by atoms with Gasteiger partial charge in [0.2, 0.25) is 0 Å². The monoisotopic (exact) mass is 156 g/mol. The van der Waals surface area contributed by atoms with E-state index in [0.29, 0.717) is 0 Å². The van der Waals surface area contributed by atoms with Crippen molar-refractivity contribution in [1.29, 1.82) is 0 Å². The zero-order valence-corrected chi connectivity index (χ0v) is 7.81. The lowest BCUT2D eigenvalue weighted by Crippen LogP contribution is -2.03. The third kappa shape index (κ3) is 4.41. The van der Waals surface area contributed by atoms with Crippen LogP contribution < -0.4 is 0 Å². The molecule has 0 radical (unpaired) electrons. The first-order valence-electron chi connectivity index (χ1n) is 4.82. The van der Waals surface area contributed by atoms with Crippen LogP contribution in [0.3, 0.4) is 0 Å². The number of methoxy groups -OCH3 is 1. The molecule has 66 valence electrons. The molecular formula is C10H20O. The van der Waals surface area contributed by atoms with Crippen molar-refractivity contribution in [3.8, 4) is 0 Å². The highest BCUT2D eigenvalue weighted by Gasteiger charge is 2.20. The fourth-order valence-corrected chi connectivity index (χ4v) is 1.53. The molecule has 1 aliphatic carbocycles. The van der Waals surface area contributed by atoms with Gasteiger partial charge in [-0.05, 0) is 18.3 Å². The van der Waals surface area contributed by atoms with Gasteiger partial charge >= 0.3 is 0 Å². The van der Waals surface area contributed by atoms with Crippen LogP contribution in [0.4, 0.5) is 0 Å². The maximum absolute atomic E-state index is 5.08. The molecule has 1 heteroatoms. The van der Waals surface area contributed by atoms with Crippen LogP contribution in [0.25, 0.3) is 0 Å². The van der Waals surface area contributed by atoms with Crippen molar-refractivity contribution in [2.45, 2.75) is 39.0 Å². The van der Waals surface area contributed by atoms with E-state index in [-0.39, 0.29) is 0 Å². The SMILES string of the molecule is COCC(C)CCCC1CC1. The smallest absolute Gasteiger partial charge is 0.0487 e. The van der Waals surface area contributed by atoms with Gasteiger partial charge in [-0.2, -0.15) is 0 Å². The van der Waals surface area contributed by atoms with Gasteiger partial charge < -0.3 is 4.74 Å². The highest BCUT2D eigenvalue weighted by Crippen LogP contribution is 2.34. The van der Waals surface area contributed by atoms with Crippen LogP contribution >= 0.6 is 0 Å². The Kier molecular flexibility index (Phi) is 3.92. The minimum absolute atomic E-state index is 0.763. The van der Waals surface area contributed by atoms with Crippen LogP contribution in [0.15, 0.2) is 0 Å². The van der Waals surface area contributed by atoms with Gasteiger partial charge in [0.25, 0.3) is 0 Å². The van der Waals surface area contributed by atoms with Gasteiger partial charge in [0, 0.05) is 13.7 Å². The van der Waals surface area contributed by atoms with Crippen molar-refractivity contribution in [1.82, 2.24) is 0 Å². The minimum Gasteiger partial charge on any atom is -0.384 e. The zero-order chi connectivity index (χ0) is 8.10. The molecule has 1 nitrogen and oxygen atoms in total. The van der Waals surface area contributed by atoms with Crippen LogP contribution in [0.2, 0.25) is 0 Å². The molecule has 0 spiro atoms. The molecule has 1 unspecified atom stereocenters. The topological polar surface area (TPSA) is 9.23 Å².